The Kier molecular flexibility index (Phi) is 5.88. The number of halogens is 1. The van der Waals surface area contributed by atoms with Gasteiger partial charge in [0.1, 0.15) is 5.82 Å². The van der Waals surface area contributed by atoms with Crippen molar-refractivity contribution in [2.75, 3.05) is 19.4 Å². The van der Waals surface area contributed by atoms with Gasteiger partial charge in [0, 0.05) is 53.5 Å². The van der Waals surface area contributed by atoms with E-state index in [1.807, 2.05) is 0 Å². The van der Waals surface area contributed by atoms with E-state index in [1.165, 1.54) is 18.5 Å². The van der Waals surface area contributed by atoms with Gasteiger partial charge in [0.2, 0.25) is 5.95 Å². The largest absolute Gasteiger partial charge is 0.395 e. The number of nitrogens with zero attached hydrogens (tertiary/aromatic N) is 3. The first kappa shape index (κ1) is 20.8. The number of fused-ring (bicyclic) bond motifs is 1. The fourth-order valence-corrected chi connectivity index (χ4v) is 4.02. The van der Waals surface area contributed by atoms with E-state index in [1.54, 1.807) is 53.4 Å². The van der Waals surface area contributed by atoms with E-state index in [2.05, 4.69) is 15.3 Å². The Labute approximate surface area is 180 Å². The van der Waals surface area contributed by atoms with E-state index in [4.69, 9.17) is 5.11 Å². The normalized spacial score (nSPS) is 12.1. The topological polar surface area (TPSA) is 97.1 Å². The Morgan fingerprint density at radius 1 is 1.19 bits per heavy atom. The molecule has 2 aromatic carbocycles. The van der Waals surface area contributed by atoms with Gasteiger partial charge in [0.15, 0.2) is 0 Å². The molecule has 0 spiro atoms. The molecular weight excluding hydrogens is 419 g/mol. The maximum atomic E-state index is 14.1. The van der Waals surface area contributed by atoms with Gasteiger partial charge in [-0.3, -0.25) is 13.6 Å². The molecule has 1 unspecified atom stereocenters. The third-order valence-electron chi connectivity index (χ3n) is 4.78. The van der Waals surface area contributed by atoms with E-state index in [9.17, 15) is 13.4 Å². The molecule has 0 bridgehead atoms. The van der Waals surface area contributed by atoms with Crippen molar-refractivity contribution in [3.8, 4) is 17.1 Å². The van der Waals surface area contributed by atoms with E-state index in [0.29, 0.717) is 38.4 Å². The lowest BCUT2D eigenvalue weighted by Gasteiger charge is -2.07. The highest BCUT2D eigenvalue weighted by atomic mass is 32.2. The van der Waals surface area contributed by atoms with E-state index in [-0.39, 0.29) is 24.9 Å². The van der Waals surface area contributed by atoms with Gasteiger partial charge in [-0.25, -0.2) is 14.4 Å². The summed E-state index contributed by atoms with van der Waals surface area (Å²) in [5.74, 6) is -0.402. The molecule has 2 aromatic heterocycles. The van der Waals surface area contributed by atoms with Gasteiger partial charge in [-0.2, -0.15) is 0 Å². The van der Waals surface area contributed by atoms with Crippen LogP contribution < -0.4 is 5.32 Å². The fourth-order valence-electron chi connectivity index (χ4n) is 3.28. The highest BCUT2D eigenvalue weighted by molar-refractivity contribution is 7.84. The highest BCUT2D eigenvalue weighted by Gasteiger charge is 2.17. The Balaban J connectivity index is 1.79. The summed E-state index contributed by atoms with van der Waals surface area (Å²) in [5.41, 5.74) is 1.92. The van der Waals surface area contributed by atoms with Crippen LogP contribution in [0.4, 0.5) is 4.39 Å². The van der Waals surface area contributed by atoms with Crippen LogP contribution >= 0.6 is 0 Å². The van der Waals surface area contributed by atoms with Crippen LogP contribution in [0.1, 0.15) is 10.4 Å². The average molecular weight is 438 g/mol. The SMILES string of the molecule is CS(=O)c1cn(-c2ncc(-c3ccccc3F)cn2)c2cc(C(=O)NCCO)ccc12. The molecule has 0 saturated heterocycles. The van der Waals surface area contributed by atoms with Crippen molar-refractivity contribution >= 4 is 27.6 Å². The monoisotopic (exact) mass is 438 g/mol. The van der Waals surface area contributed by atoms with Gasteiger partial charge in [0.25, 0.3) is 5.91 Å². The number of aliphatic hydroxyl groups is 1. The van der Waals surface area contributed by atoms with Crippen LogP contribution in [0.2, 0.25) is 0 Å². The number of carbonyl (C=O) groups excluding carboxylic acids is 1. The number of aliphatic hydroxyl groups excluding tert-OH is 1. The Hall–Kier alpha value is -3.43. The van der Waals surface area contributed by atoms with Crippen LogP contribution in [-0.4, -0.2) is 49.2 Å². The number of carbonyl (C=O) groups is 1. The van der Waals surface area contributed by atoms with Gasteiger partial charge in [-0.1, -0.05) is 24.3 Å². The van der Waals surface area contributed by atoms with E-state index in [0.717, 1.165) is 0 Å². The molecule has 4 aromatic rings. The molecule has 0 radical (unpaired) electrons. The van der Waals surface area contributed by atoms with E-state index >= 15 is 0 Å². The van der Waals surface area contributed by atoms with Crippen LogP contribution in [0.5, 0.6) is 0 Å². The third kappa shape index (κ3) is 4.10. The molecule has 158 valence electrons. The zero-order valence-electron chi connectivity index (χ0n) is 16.6. The second kappa shape index (κ2) is 8.75. The lowest BCUT2D eigenvalue weighted by atomic mass is 10.1. The predicted molar refractivity (Wildman–Crippen MR) is 116 cm³/mol. The number of aromatic nitrogens is 3. The molecule has 7 nitrogen and oxygen atoms in total. The molecule has 0 aliphatic rings. The van der Waals surface area contributed by atoms with Gasteiger partial charge in [-0.15, -0.1) is 0 Å². The molecule has 4 rings (SSSR count). The van der Waals surface area contributed by atoms with Crippen LogP contribution in [-0.2, 0) is 10.8 Å². The van der Waals surface area contributed by atoms with Crippen molar-refractivity contribution in [3.05, 3.63) is 72.4 Å². The van der Waals surface area contributed by atoms with Crippen molar-refractivity contribution in [3.63, 3.8) is 0 Å². The quantitative estimate of drug-likeness (QED) is 0.483. The lowest BCUT2D eigenvalue weighted by Crippen LogP contribution is -2.26. The maximum Gasteiger partial charge on any atom is 0.251 e. The smallest absolute Gasteiger partial charge is 0.251 e. The molecule has 0 fully saturated rings. The molecule has 31 heavy (non-hydrogen) atoms. The van der Waals surface area contributed by atoms with Crippen molar-refractivity contribution in [2.24, 2.45) is 0 Å². The molecule has 2 heterocycles. The first-order valence-electron chi connectivity index (χ1n) is 9.44. The second-order valence-corrected chi connectivity index (χ2v) is 8.13. The van der Waals surface area contributed by atoms with Crippen LogP contribution in [0.25, 0.3) is 28.0 Å². The molecule has 1 atom stereocenters. The molecule has 0 aliphatic heterocycles. The molecule has 0 saturated carbocycles. The first-order chi connectivity index (χ1) is 15.0. The first-order valence-corrected chi connectivity index (χ1v) is 11.0. The highest BCUT2D eigenvalue weighted by Crippen LogP contribution is 2.28. The van der Waals surface area contributed by atoms with Crippen molar-refractivity contribution in [2.45, 2.75) is 4.90 Å². The van der Waals surface area contributed by atoms with Crippen molar-refractivity contribution < 1.29 is 18.5 Å². The molecule has 9 heteroatoms. The molecule has 1 amide bonds. The second-order valence-electron chi connectivity index (χ2n) is 6.78. The number of hydrogen-bond donors (Lipinski definition) is 2. The van der Waals surface area contributed by atoms with Crippen LogP contribution in [0, 0.1) is 5.82 Å². The summed E-state index contributed by atoms with van der Waals surface area (Å²) < 4.78 is 28.0. The number of rotatable bonds is 6. The summed E-state index contributed by atoms with van der Waals surface area (Å²) in [6.45, 7) is -0.0196. The third-order valence-corrected chi connectivity index (χ3v) is 5.72. The average Bonchev–Trinajstić information content (AvgIpc) is 3.17. The summed E-state index contributed by atoms with van der Waals surface area (Å²) in [6.07, 6.45) is 6.29. The molecule has 2 N–H and O–H groups in total. The minimum atomic E-state index is -1.28. The number of amides is 1. The lowest BCUT2D eigenvalue weighted by molar-refractivity contribution is 0.0945. The summed E-state index contributed by atoms with van der Waals surface area (Å²) in [7, 11) is -1.28. The fraction of sp³-hybridized carbons (Fsp3) is 0.136. The summed E-state index contributed by atoms with van der Waals surface area (Å²) in [4.78, 5) is 21.6. The minimum Gasteiger partial charge on any atom is -0.395 e. The zero-order chi connectivity index (χ0) is 22.0. The van der Waals surface area contributed by atoms with Crippen molar-refractivity contribution in [1.29, 1.82) is 0 Å². The standard InChI is InChI=1S/C22H19FN4O3S/c1-31(30)20-13-27(19-10-14(6-7-17(19)20)21(29)24-8-9-28)22-25-11-15(12-26-22)16-4-2-3-5-18(16)23/h2-7,10-13,28H,8-9H2,1H3,(H,24,29). The van der Waals surface area contributed by atoms with Crippen LogP contribution in [0.3, 0.4) is 0 Å². The molecule has 0 aliphatic carbocycles. The number of benzene rings is 2. The van der Waals surface area contributed by atoms with Crippen LogP contribution in [0.15, 0.2) is 66.0 Å². The van der Waals surface area contributed by atoms with Gasteiger partial charge < -0.3 is 10.4 Å². The van der Waals surface area contributed by atoms with Crippen molar-refractivity contribution in [1.82, 2.24) is 19.9 Å². The number of hydrogen-bond acceptors (Lipinski definition) is 5. The zero-order valence-corrected chi connectivity index (χ0v) is 17.4. The maximum absolute atomic E-state index is 14.1. The van der Waals surface area contributed by atoms with Gasteiger partial charge in [0.05, 0.1) is 27.8 Å². The Bertz CT molecular complexity index is 1290. The molecular formula is C22H19FN4O3S. The summed E-state index contributed by atoms with van der Waals surface area (Å²) >= 11 is 0. The van der Waals surface area contributed by atoms with Gasteiger partial charge in [-0.05, 0) is 18.2 Å². The van der Waals surface area contributed by atoms with E-state index < -0.39 is 10.8 Å². The predicted octanol–water partition coefficient (Wildman–Crippen LogP) is 2.69. The minimum absolute atomic E-state index is 0.142. The van der Waals surface area contributed by atoms with Gasteiger partial charge >= 0.3 is 0 Å². The summed E-state index contributed by atoms with van der Waals surface area (Å²) in [6, 6.07) is 11.4. The Morgan fingerprint density at radius 3 is 2.61 bits per heavy atom. The number of nitrogens with one attached hydrogen (secondary N) is 1. The summed E-state index contributed by atoms with van der Waals surface area (Å²) in [5, 5.41) is 12.2. The Morgan fingerprint density at radius 2 is 1.94 bits per heavy atom.